The number of aliphatic hydroxyl groups is 2. The molecule has 0 amide bonds. The Morgan fingerprint density at radius 2 is 2.09 bits per heavy atom. The number of aliphatic hydroxyl groups excluding tert-OH is 2. The molecule has 2 aliphatic carbocycles. The van der Waals surface area contributed by atoms with Crippen molar-refractivity contribution in [1.29, 1.82) is 0 Å². The summed E-state index contributed by atoms with van der Waals surface area (Å²) in [7, 11) is 0. The quantitative estimate of drug-likeness (QED) is 0.752. The van der Waals surface area contributed by atoms with Crippen LogP contribution in [0.5, 0.6) is 0 Å². The molecule has 5 atom stereocenters. The maximum atomic E-state index is 10.6. The van der Waals surface area contributed by atoms with Crippen molar-refractivity contribution in [1.82, 2.24) is 0 Å². The van der Waals surface area contributed by atoms with Gasteiger partial charge in [-0.15, -0.1) is 0 Å². The van der Waals surface area contributed by atoms with Crippen molar-refractivity contribution < 1.29 is 10.2 Å². The Morgan fingerprint density at radius 3 is 2.73 bits per heavy atom. The molecule has 0 heterocycles. The van der Waals surface area contributed by atoms with Gasteiger partial charge in [0.25, 0.3) is 0 Å². The molecule has 0 aromatic rings. The number of hydrogen-bond donors (Lipinski definition) is 2. The lowest BCUT2D eigenvalue weighted by molar-refractivity contribution is -0.0646. The van der Waals surface area contributed by atoms with Crippen LogP contribution >= 0.6 is 0 Å². The van der Waals surface area contributed by atoms with Crippen molar-refractivity contribution in [2.24, 2.45) is 22.7 Å². The summed E-state index contributed by atoms with van der Waals surface area (Å²) in [5, 5.41) is 19.7. The third-order valence-corrected chi connectivity index (χ3v) is 7.17. The molecule has 22 heavy (non-hydrogen) atoms. The highest BCUT2D eigenvalue weighted by Crippen LogP contribution is 2.61. The van der Waals surface area contributed by atoms with Gasteiger partial charge in [0.2, 0.25) is 0 Å². The van der Waals surface area contributed by atoms with Crippen molar-refractivity contribution in [3.05, 3.63) is 23.3 Å². The first-order valence-corrected chi connectivity index (χ1v) is 8.88. The molecule has 0 radical (unpaired) electrons. The van der Waals surface area contributed by atoms with Crippen LogP contribution in [0.15, 0.2) is 23.3 Å². The summed E-state index contributed by atoms with van der Waals surface area (Å²) in [6, 6.07) is 0. The number of allylic oxidation sites excluding steroid dienone is 2. The summed E-state index contributed by atoms with van der Waals surface area (Å²) in [6.07, 6.45) is 9.48. The van der Waals surface area contributed by atoms with E-state index in [1.807, 2.05) is 6.92 Å². The van der Waals surface area contributed by atoms with E-state index in [-0.39, 0.29) is 12.0 Å². The van der Waals surface area contributed by atoms with Gasteiger partial charge in [0, 0.05) is 0 Å². The first-order valence-electron chi connectivity index (χ1n) is 8.88. The summed E-state index contributed by atoms with van der Waals surface area (Å²) in [5.74, 6) is 1.28. The van der Waals surface area contributed by atoms with Crippen LogP contribution in [0.25, 0.3) is 0 Å². The second-order valence-corrected chi connectivity index (χ2v) is 8.23. The van der Waals surface area contributed by atoms with Crippen LogP contribution in [0.4, 0.5) is 0 Å². The molecular formula is C20H34O2. The summed E-state index contributed by atoms with van der Waals surface area (Å²) in [5.41, 5.74) is 2.92. The zero-order valence-electron chi connectivity index (χ0n) is 15.0. The molecule has 0 unspecified atom stereocenters. The van der Waals surface area contributed by atoms with E-state index in [4.69, 9.17) is 5.11 Å². The minimum atomic E-state index is -0.437. The van der Waals surface area contributed by atoms with Gasteiger partial charge < -0.3 is 10.2 Å². The van der Waals surface area contributed by atoms with Crippen LogP contribution in [-0.2, 0) is 0 Å². The molecule has 2 aliphatic rings. The molecule has 1 saturated carbocycles. The van der Waals surface area contributed by atoms with Crippen molar-refractivity contribution in [2.45, 2.75) is 72.8 Å². The van der Waals surface area contributed by atoms with Gasteiger partial charge in [0.05, 0.1) is 12.7 Å². The Balaban J connectivity index is 2.30. The molecular weight excluding hydrogens is 272 g/mol. The molecule has 0 aromatic heterocycles. The van der Waals surface area contributed by atoms with Gasteiger partial charge in [0.15, 0.2) is 0 Å². The van der Waals surface area contributed by atoms with Crippen LogP contribution < -0.4 is 0 Å². The number of hydrogen-bond acceptors (Lipinski definition) is 2. The van der Waals surface area contributed by atoms with E-state index >= 15 is 0 Å². The molecule has 2 nitrogen and oxygen atoms in total. The lowest BCUT2D eigenvalue weighted by Crippen LogP contribution is -2.51. The monoisotopic (exact) mass is 306 g/mol. The highest BCUT2D eigenvalue weighted by molar-refractivity contribution is 5.21. The Morgan fingerprint density at radius 1 is 1.41 bits per heavy atom. The maximum absolute atomic E-state index is 10.6. The fourth-order valence-corrected chi connectivity index (χ4v) is 5.11. The zero-order valence-corrected chi connectivity index (χ0v) is 15.0. The van der Waals surface area contributed by atoms with Crippen LogP contribution in [0.1, 0.15) is 66.7 Å². The van der Waals surface area contributed by atoms with Crippen molar-refractivity contribution in [3.8, 4) is 0 Å². The van der Waals surface area contributed by atoms with Crippen LogP contribution in [0, 0.1) is 22.7 Å². The molecule has 1 fully saturated rings. The minimum Gasteiger partial charge on any atom is -0.392 e. The first-order chi connectivity index (χ1) is 10.3. The molecule has 2 rings (SSSR count). The van der Waals surface area contributed by atoms with E-state index in [1.165, 1.54) is 25.7 Å². The second-order valence-electron chi connectivity index (χ2n) is 8.23. The topological polar surface area (TPSA) is 40.5 Å². The van der Waals surface area contributed by atoms with Crippen LogP contribution in [0.2, 0.25) is 0 Å². The third-order valence-electron chi connectivity index (χ3n) is 7.17. The number of rotatable bonds is 4. The smallest absolute Gasteiger partial charge is 0.0753 e. The zero-order chi connectivity index (χ0) is 16.5. The molecule has 0 aliphatic heterocycles. The molecule has 0 saturated heterocycles. The Kier molecular flexibility index (Phi) is 5.23. The molecule has 126 valence electrons. The van der Waals surface area contributed by atoms with Crippen molar-refractivity contribution in [3.63, 3.8) is 0 Å². The van der Waals surface area contributed by atoms with Crippen LogP contribution in [-0.4, -0.2) is 22.9 Å². The van der Waals surface area contributed by atoms with E-state index in [0.717, 1.165) is 12.0 Å². The van der Waals surface area contributed by atoms with Gasteiger partial charge >= 0.3 is 0 Å². The predicted molar refractivity (Wildman–Crippen MR) is 92.6 cm³/mol. The second kappa shape index (κ2) is 6.49. The standard InChI is InChI=1S/C20H34O2/c1-14(10-12-21)17(22)13-20(5)16(3)9-11-19(4)15(2)7-6-8-18(19)20/h7,10,16-18,21-22H,6,8-9,11-13H2,1-5H3/b14-10+/t16-,17-,18+,19+,20+/m1/s1. The molecule has 0 aromatic carbocycles. The first kappa shape index (κ1) is 17.7. The minimum absolute atomic E-state index is 0.0121. The number of fused-ring (bicyclic) bond motifs is 1. The largest absolute Gasteiger partial charge is 0.392 e. The Bertz CT molecular complexity index is 464. The van der Waals surface area contributed by atoms with E-state index in [2.05, 4.69) is 33.8 Å². The fourth-order valence-electron chi connectivity index (χ4n) is 5.11. The summed E-state index contributed by atoms with van der Waals surface area (Å²) in [4.78, 5) is 0. The van der Waals surface area contributed by atoms with Crippen molar-refractivity contribution >= 4 is 0 Å². The SMILES string of the molecule is CC1=CCC[C@@H]2[C@@](C)(C[C@@H](O)/C(C)=C/CO)[C@H](C)CC[C@@]12C. The fraction of sp³-hybridized carbons (Fsp3) is 0.800. The van der Waals surface area contributed by atoms with Gasteiger partial charge in [-0.1, -0.05) is 38.5 Å². The van der Waals surface area contributed by atoms with Crippen LogP contribution in [0.3, 0.4) is 0 Å². The molecule has 2 N–H and O–H groups in total. The summed E-state index contributed by atoms with van der Waals surface area (Å²) >= 11 is 0. The Hall–Kier alpha value is -0.600. The average molecular weight is 306 g/mol. The van der Waals surface area contributed by atoms with Gasteiger partial charge in [-0.2, -0.15) is 0 Å². The molecule has 0 spiro atoms. The van der Waals surface area contributed by atoms with Gasteiger partial charge in [-0.3, -0.25) is 0 Å². The van der Waals surface area contributed by atoms with E-state index in [1.54, 1.807) is 11.6 Å². The summed E-state index contributed by atoms with van der Waals surface area (Å²) in [6.45, 7) is 11.4. The van der Waals surface area contributed by atoms with Gasteiger partial charge in [0.1, 0.15) is 0 Å². The lowest BCUT2D eigenvalue weighted by atomic mass is 9.47. The molecule has 0 bridgehead atoms. The van der Waals surface area contributed by atoms with E-state index in [9.17, 15) is 5.11 Å². The van der Waals surface area contributed by atoms with E-state index in [0.29, 0.717) is 17.3 Å². The predicted octanol–water partition coefficient (Wildman–Crippen LogP) is 4.47. The highest BCUT2D eigenvalue weighted by atomic mass is 16.3. The van der Waals surface area contributed by atoms with Gasteiger partial charge in [-0.05, 0) is 74.2 Å². The maximum Gasteiger partial charge on any atom is 0.0753 e. The third kappa shape index (κ3) is 2.92. The van der Waals surface area contributed by atoms with Gasteiger partial charge in [-0.25, -0.2) is 0 Å². The average Bonchev–Trinajstić information content (AvgIpc) is 2.46. The lowest BCUT2D eigenvalue weighted by Gasteiger charge is -2.58. The van der Waals surface area contributed by atoms with Crippen molar-refractivity contribution in [2.75, 3.05) is 6.61 Å². The molecule has 2 heteroatoms. The highest BCUT2D eigenvalue weighted by Gasteiger charge is 2.53. The normalized spacial score (nSPS) is 40.9. The Labute approximate surface area is 136 Å². The van der Waals surface area contributed by atoms with E-state index < -0.39 is 6.10 Å². The summed E-state index contributed by atoms with van der Waals surface area (Å²) < 4.78 is 0.